The van der Waals surface area contributed by atoms with Crippen LogP contribution >= 0.6 is 11.8 Å². The normalized spacial score (nSPS) is 11.4. The summed E-state index contributed by atoms with van der Waals surface area (Å²) in [4.78, 5) is 13.0. The highest BCUT2D eigenvalue weighted by molar-refractivity contribution is 7.99. The van der Waals surface area contributed by atoms with Crippen molar-refractivity contribution < 1.29 is 22.3 Å². The van der Waals surface area contributed by atoms with Crippen LogP contribution in [0, 0.1) is 5.82 Å². The van der Waals surface area contributed by atoms with Crippen molar-refractivity contribution in [2.24, 2.45) is 0 Å². The van der Waals surface area contributed by atoms with Gasteiger partial charge in [0.1, 0.15) is 16.5 Å². The molecule has 0 aliphatic rings. The number of rotatable bonds is 8. The monoisotopic (exact) mass is 412 g/mol. The predicted octanol–water partition coefficient (Wildman–Crippen LogP) is 3.21. The lowest BCUT2D eigenvalue weighted by molar-refractivity contribution is -0.115. The van der Waals surface area contributed by atoms with Crippen molar-refractivity contribution in [3.05, 3.63) is 48.3 Å². The second-order valence-electron chi connectivity index (χ2n) is 5.75. The van der Waals surface area contributed by atoms with E-state index in [2.05, 4.69) is 5.32 Å². The van der Waals surface area contributed by atoms with Crippen LogP contribution in [0.3, 0.4) is 0 Å². The van der Waals surface area contributed by atoms with Crippen molar-refractivity contribution in [2.45, 2.75) is 16.2 Å². The van der Waals surface area contributed by atoms with E-state index in [9.17, 15) is 17.6 Å². The highest BCUT2D eigenvalue weighted by Crippen LogP contribution is 2.29. The van der Waals surface area contributed by atoms with E-state index in [-0.39, 0.29) is 28.8 Å². The summed E-state index contributed by atoms with van der Waals surface area (Å²) >= 11 is 1.44. The van der Waals surface area contributed by atoms with Crippen molar-refractivity contribution in [3.63, 3.8) is 0 Å². The minimum Gasteiger partial charge on any atom is -0.495 e. The maximum absolute atomic E-state index is 12.9. The van der Waals surface area contributed by atoms with Crippen LogP contribution < -0.4 is 10.1 Å². The highest BCUT2D eigenvalue weighted by Gasteiger charge is 2.23. The summed E-state index contributed by atoms with van der Waals surface area (Å²) in [5.41, 5.74) is 0.369. The van der Waals surface area contributed by atoms with Crippen LogP contribution in [0.1, 0.15) is 6.42 Å². The zero-order chi connectivity index (χ0) is 20.0. The molecule has 146 valence electrons. The van der Waals surface area contributed by atoms with E-state index in [0.717, 1.165) is 9.20 Å². The summed E-state index contributed by atoms with van der Waals surface area (Å²) in [6, 6.07) is 10.5. The predicted molar refractivity (Wildman–Crippen MR) is 104 cm³/mol. The number of ether oxygens (including phenoxy) is 1. The van der Waals surface area contributed by atoms with E-state index in [1.807, 2.05) is 0 Å². The van der Waals surface area contributed by atoms with Gasteiger partial charge in [-0.2, -0.15) is 0 Å². The number of hydrogen-bond acceptors (Lipinski definition) is 5. The molecular formula is C18H21FN2O4S2. The van der Waals surface area contributed by atoms with Gasteiger partial charge in [0.2, 0.25) is 15.9 Å². The van der Waals surface area contributed by atoms with Crippen molar-refractivity contribution in [2.75, 3.05) is 32.3 Å². The maximum Gasteiger partial charge on any atom is 0.246 e. The zero-order valence-electron chi connectivity index (χ0n) is 15.2. The molecule has 9 heteroatoms. The third kappa shape index (κ3) is 5.69. The largest absolute Gasteiger partial charge is 0.495 e. The summed E-state index contributed by atoms with van der Waals surface area (Å²) in [6.45, 7) is 0. The van der Waals surface area contributed by atoms with Crippen LogP contribution in [-0.2, 0) is 14.8 Å². The number of halogens is 1. The Labute approximate surface area is 162 Å². The van der Waals surface area contributed by atoms with Gasteiger partial charge in [-0.1, -0.05) is 0 Å². The van der Waals surface area contributed by atoms with Crippen LogP contribution in [0.2, 0.25) is 0 Å². The third-order valence-corrected chi connectivity index (χ3v) is 6.47. The molecule has 2 aromatic carbocycles. The van der Waals surface area contributed by atoms with Gasteiger partial charge in [-0.05, 0) is 42.5 Å². The lowest BCUT2D eigenvalue weighted by Crippen LogP contribution is -2.23. The summed E-state index contributed by atoms with van der Waals surface area (Å²) in [7, 11) is 0.518. The molecule has 2 rings (SSSR count). The summed E-state index contributed by atoms with van der Waals surface area (Å²) < 4.78 is 43.9. The van der Waals surface area contributed by atoms with Gasteiger partial charge < -0.3 is 10.1 Å². The lowest BCUT2D eigenvalue weighted by atomic mass is 10.3. The first-order valence-electron chi connectivity index (χ1n) is 8.03. The van der Waals surface area contributed by atoms with Crippen molar-refractivity contribution in [1.82, 2.24) is 4.31 Å². The number of nitrogens with zero attached hydrogens (tertiary/aromatic N) is 1. The van der Waals surface area contributed by atoms with Gasteiger partial charge >= 0.3 is 0 Å². The van der Waals surface area contributed by atoms with E-state index in [1.54, 1.807) is 18.2 Å². The molecule has 0 fully saturated rings. The Morgan fingerprint density at radius 1 is 1.19 bits per heavy atom. The second-order valence-corrected chi connectivity index (χ2v) is 9.04. The van der Waals surface area contributed by atoms with Gasteiger partial charge in [-0.15, -0.1) is 11.8 Å². The van der Waals surface area contributed by atoms with Crippen LogP contribution in [0.25, 0.3) is 0 Å². The third-order valence-electron chi connectivity index (χ3n) is 3.62. The van der Waals surface area contributed by atoms with E-state index >= 15 is 0 Å². The molecule has 0 saturated heterocycles. The topological polar surface area (TPSA) is 75.7 Å². The number of amides is 1. The van der Waals surface area contributed by atoms with E-state index in [0.29, 0.717) is 11.4 Å². The van der Waals surface area contributed by atoms with Gasteiger partial charge in [0.15, 0.2) is 0 Å². The molecule has 0 aliphatic carbocycles. The minimum absolute atomic E-state index is 0.0199. The van der Waals surface area contributed by atoms with Gasteiger partial charge in [0.05, 0.1) is 7.11 Å². The fraction of sp³-hybridized carbons (Fsp3) is 0.278. The molecule has 27 heavy (non-hydrogen) atoms. The van der Waals surface area contributed by atoms with E-state index in [1.165, 1.54) is 57.2 Å². The number of methoxy groups -OCH3 is 1. The summed E-state index contributed by atoms with van der Waals surface area (Å²) in [5.74, 6) is 0.160. The Morgan fingerprint density at radius 3 is 2.44 bits per heavy atom. The number of nitrogens with one attached hydrogen (secondary N) is 1. The van der Waals surface area contributed by atoms with Crippen LogP contribution in [0.5, 0.6) is 5.75 Å². The Balaban J connectivity index is 2.02. The molecule has 0 spiro atoms. The minimum atomic E-state index is -3.71. The number of carbonyl (C=O) groups is 1. The first-order valence-corrected chi connectivity index (χ1v) is 10.5. The van der Waals surface area contributed by atoms with Gasteiger partial charge in [-0.3, -0.25) is 4.79 Å². The molecule has 1 N–H and O–H groups in total. The van der Waals surface area contributed by atoms with Crippen LogP contribution in [-0.4, -0.2) is 45.6 Å². The van der Waals surface area contributed by atoms with Crippen LogP contribution in [0.4, 0.5) is 10.1 Å². The van der Waals surface area contributed by atoms with Gasteiger partial charge in [-0.25, -0.2) is 17.1 Å². The Bertz CT molecular complexity index is 900. The Hall–Kier alpha value is -2.10. The number of sulfonamides is 1. The van der Waals surface area contributed by atoms with Gasteiger partial charge in [0, 0.05) is 36.9 Å². The Kier molecular flexibility index (Phi) is 7.23. The van der Waals surface area contributed by atoms with E-state index in [4.69, 9.17) is 4.74 Å². The molecule has 0 aliphatic heterocycles. The fourth-order valence-corrected chi connectivity index (χ4v) is 4.10. The number of anilines is 1. The molecule has 0 aromatic heterocycles. The first kappa shape index (κ1) is 21.2. The SMILES string of the molecule is COc1ccc(NC(=O)CCSc2ccc(F)cc2)cc1S(=O)(=O)N(C)C. The average Bonchev–Trinajstić information content (AvgIpc) is 2.63. The maximum atomic E-state index is 12.9. The molecule has 0 saturated carbocycles. The smallest absolute Gasteiger partial charge is 0.246 e. The molecule has 0 atom stereocenters. The Morgan fingerprint density at radius 2 is 1.85 bits per heavy atom. The molecule has 0 unspecified atom stereocenters. The molecule has 0 heterocycles. The molecular weight excluding hydrogens is 391 g/mol. The highest BCUT2D eigenvalue weighted by atomic mass is 32.2. The molecule has 6 nitrogen and oxygen atoms in total. The quantitative estimate of drug-likeness (QED) is 0.674. The molecule has 0 bridgehead atoms. The average molecular weight is 413 g/mol. The zero-order valence-corrected chi connectivity index (χ0v) is 16.9. The van der Waals surface area contributed by atoms with Gasteiger partial charge in [0.25, 0.3) is 0 Å². The van der Waals surface area contributed by atoms with Crippen molar-refractivity contribution in [3.8, 4) is 5.75 Å². The second kappa shape index (κ2) is 9.20. The molecule has 0 radical (unpaired) electrons. The summed E-state index contributed by atoms with van der Waals surface area (Å²) in [6.07, 6.45) is 0.226. The number of hydrogen-bond donors (Lipinski definition) is 1. The number of benzene rings is 2. The van der Waals surface area contributed by atoms with Crippen LogP contribution in [0.15, 0.2) is 52.3 Å². The number of thioether (sulfide) groups is 1. The number of carbonyl (C=O) groups excluding carboxylic acids is 1. The molecule has 2 aromatic rings. The van der Waals surface area contributed by atoms with E-state index < -0.39 is 10.0 Å². The van der Waals surface area contributed by atoms with Crippen molar-refractivity contribution in [1.29, 1.82) is 0 Å². The van der Waals surface area contributed by atoms with Crippen molar-refractivity contribution >= 4 is 33.4 Å². The summed E-state index contributed by atoms with van der Waals surface area (Å²) in [5, 5.41) is 2.69. The standard InChI is InChI=1S/C18H21FN2O4S2/c1-21(2)27(23,24)17-12-14(6-9-16(17)25-3)20-18(22)10-11-26-15-7-4-13(19)5-8-15/h4-9,12H,10-11H2,1-3H3,(H,20,22). The first-order chi connectivity index (χ1) is 12.7. The fourth-order valence-electron chi connectivity index (χ4n) is 2.17. The molecule has 1 amide bonds. The lowest BCUT2D eigenvalue weighted by Gasteiger charge is -2.16.